The van der Waals surface area contributed by atoms with Gasteiger partial charge in [-0.15, -0.1) is 0 Å². The summed E-state index contributed by atoms with van der Waals surface area (Å²) in [5.74, 6) is 0.0101. The van der Waals surface area contributed by atoms with Gasteiger partial charge >= 0.3 is 0 Å². The van der Waals surface area contributed by atoms with Crippen molar-refractivity contribution in [3.63, 3.8) is 0 Å². The van der Waals surface area contributed by atoms with Gasteiger partial charge in [-0.3, -0.25) is 0 Å². The van der Waals surface area contributed by atoms with Crippen LogP contribution < -0.4 is 0 Å². The molecular formula is C21H17BrCl2N2O. The van der Waals surface area contributed by atoms with Crippen LogP contribution in [0, 0.1) is 6.92 Å². The quantitative estimate of drug-likeness (QED) is 0.194. The van der Waals surface area contributed by atoms with Crippen molar-refractivity contribution in [3.8, 4) is 0 Å². The van der Waals surface area contributed by atoms with Gasteiger partial charge in [-0.05, 0) is 47.9 Å². The van der Waals surface area contributed by atoms with E-state index in [1.807, 2.05) is 24.3 Å². The van der Waals surface area contributed by atoms with Gasteiger partial charge in [-0.25, -0.2) is 4.98 Å². The summed E-state index contributed by atoms with van der Waals surface area (Å²) in [5.41, 5.74) is 4.62. The van der Waals surface area contributed by atoms with Crippen molar-refractivity contribution in [1.82, 2.24) is 4.98 Å². The Morgan fingerprint density at radius 1 is 1.07 bits per heavy atom. The number of hydrogen-bond acceptors (Lipinski definition) is 3. The summed E-state index contributed by atoms with van der Waals surface area (Å²) in [6.07, 6.45) is 0.486. The zero-order chi connectivity index (χ0) is 19.4. The largest absolute Gasteiger partial charge is 0.411 e. The number of aryl methyl sites for hydroxylation is 1. The lowest BCUT2D eigenvalue weighted by molar-refractivity contribution is 0.317. The minimum absolute atomic E-state index is 0.0101. The van der Waals surface area contributed by atoms with E-state index in [-0.39, 0.29) is 16.2 Å². The Bertz CT molecular complexity index is 954. The van der Waals surface area contributed by atoms with Crippen LogP contribution in [0.15, 0.2) is 70.3 Å². The van der Waals surface area contributed by atoms with Gasteiger partial charge in [0.05, 0.1) is 5.71 Å². The first kappa shape index (κ1) is 19.9. The molecule has 138 valence electrons. The fraction of sp³-hybridized carbons (Fsp3) is 0.143. The van der Waals surface area contributed by atoms with Crippen molar-refractivity contribution in [1.29, 1.82) is 0 Å². The molecule has 1 aromatic heterocycles. The van der Waals surface area contributed by atoms with Crippen molar-refractivity contribution >= 4 is 44.8 Å². The second kappa shape index (κ2) is 8.87. The van der Waals surface area contributed by atoms with Crippen LogP contribution in [-0.4, -0.2) is 15.9 Å². The highest BCUT2D eigenvalue weighted by molar-refractivity contribution is 9.10. The number of pyridine rings is 1. The predicted octanol–water partition coefficient (Wildman–Crippen LogP) is 6.86. The number of hydrogen-bond donors (Lipinski definition) is 1. The maximum absolute atomic E-state index is 9.69. The van der Waals surface area contributed by atoms with Gasteiger partial charge in [0, 0.05) is 22.4 Å². The highest BCUT2D eigenvalue weighted by atomic mass is 79.9. The van der Waals surface area contributed by atoms with Crippen molar-refractivity contribution in [3.05, 3.63) is 97.7 Å². The fourth-order valence-corrected chi connectivity index (χ4v) is 3.85. The zero-order valence-corrected chi connectivity index (χ0v) is 17.6. The summed E-state index contributed by atoms with van der Waals surface area (Å²) >= 11 is 15.5. The molecular weight excluding hydrogens is 447 g/mol. The Hall–Kier alpha value is -1.88. The smallest absolute Gasteiger partial charge is 0.131 e. The van der Waals surface area contributed by atoms with Gasteiger partial charge in [0.2, 0.25) is 0 Å². The number of oxime groups is 1. The summed E-state index contributed by atoms with van der Waals surface area (Å²) in [4.78, 5) is 3.96. The molecule has 0 spiro atoms. The first-order valence-corrected chi connectivity index (χ1v) is 9.88. The van der Waals surface area contributed by atoms with Gasteiger partial charge < -0.3 is 5.21 Å². The molecule has 1 N–H and O–H groups in total. The van der Waals surface area contributed by atoms with E-state index < -0.39 is 0 Å². The Morgan fingerprint density at radius 2 is 1.70 bits per heavy atom. The van der Waals surface area contributed by atoms with Crippen molar-refractivity contribution in [2.75, 3.05) is 0 Å². The summed E-state index contributed by atoms with van der Waals surface area (Å²) in [5, 5.41) is 13.8. The molecule has 0 aliphatic carbocycles. The Morgan fingerprint density at radius 3 is 2.30 bits per heavy atom. The van der Waals surface area contributed by atoms with Crippen LogP contribution in [0.4, 0.5) is 0 Å². The van der Waals surface area contributed by atoms with Gasteiger partial charge in [0.15, 0.2) is 0 Å². The molecule has 0 saturated heterocycles. The van der Waals surface area contributed by atoms with E-state index in [1.54, 1.807) is 12.1 Å². The van der Waals surface area contributed by atoms with Crippen LogP contribution in [0.25, 0.3) is 0 Å². The lowest BCUT2D eigenvalue weighted by Crippen LogP contribution is -2.12. The number of aromatic nitrogens is 1. The van der Waals surface area contributed by atoms with Crippen LogP contribution >= 0.6 is 39.1 Å². The topological polar surface area (TPSA) is 45.5 Å². The number of halogens is 3. The highest BCUT2D eigenvalue weighted by Crippen LogP contribution is 2.33. The minimum atomic E-state index is 0.0101. The average molecular weight is 464 g/mol. The molecule has 0 fully saturated rings. The average Bonchev–Trinajstić information content (AvgIpc) is 2.64. The Kier molecular flexibility index (Phi) is 6.53. The fourth-order valence-electron chi connectivity index (χ4n) is 3.12. The third-order valence-corrected chi connectivity index (χ3v) is 5.37. The maximum atomic E-state index is 9.69. The molecule has 1 unspecified atom stereocenters. The normalized spacial score (nSPS) is 12.8. The van der Waals surface area contributed by atoms with Crippen LogP contribution in [0.3, 0.4) is 0 Å². The summed E-state index contributed by atoms with van der Waals surface area (Å²) < 4.78 is 1.01. The second-order valence-electron chi connectivity index (χ2n) is 6.21. The van der Waals surface area contributed by atoms with Gasteiger partial charge in [-0.2, -0.15) is 0 Å². The monoisotopic (exact) mass is 462 g/mol. The third-order valence-electron chi connectivity index (χ3n) is 4.45. The number of rotatable bonds is 5. The van der Waals surface area contributed by atoms with Crippen LogP contribution in [-0.2, 0) is 0 Å². The van der Waals surface area contributed by atoms with E-state index in [9.17, 15) is 5.21 Å². The maximum Gasteiger partial charge on any atom is 0.131 e. The molecule has 2 aromatic carbocycles. The zero-order valence-electron chi connectivity index (χ0n) is 14.5. The molecule has 0 bridgehead atoms. The van der Waals surface area contributed by atoms with E-state index >= 15 is 0 Å². The summed E-state index contributed by atoms with van der Waals surface area (Å²) in [6, 6.07) is 19.7. The molecule has 0 aliphatic heterocycles. The molecule has 0 amide bonds. The predicted molar refractivity (Wildman–Crippen MR) is 114 cm³/mol. The van der Waals surface area contributed by atoms with E-state index in [0.29, 0.717) is 17.7 Å². The SMILES string of the molecule is Cc1ccccc1C(C/C(=N/O)c1cc(Cl)nc(Cl)c1)c1ccc(Br)cc1. The highest BCUT2D eigenvalue weighted by Gasteiger charge is 2.21. The number of nitrogens with zero attached hydrogens (tertiary/aromatic N) is 2. The van der Waals surface area contributed by atoms with Gasteiger partial charge in [0.25, 0.3) is 0 Å². The van der Waals surface area contributed by atoms with Crippen molar-refractivity contribution in [2.45, 2.75) is 19.3 Å². The van der Waals surface area contributed by atoms with Gasteiger partial charge in [-0.1, -0.05) is 80.7 Å². The molecule has 1 atom stereocenters. The molecule has 1 heterocycles. The van der Waals surface area contributed by atoms with E-state index in [4.69, 9.17) is 23.2 Å². The van der Waals surface area contributed by atoms with Crippen molar-refractivity contribution < 1.29 is 5.21 Å². The third kappa shape index (κ3) is 4.89. The van der Waals surface area contributed by atoms with E-state index in [1.165, 1.54) is 11.1 Å². The molecule has 27 heavy (non-hydrogen) atoms. The second-order valence-corrected chi connectivity index (χ2v) is 7.90. The molecule has 6 heteroatoms. The first-order valence-electron chi connectivity index (χ1n) is 8.33. The lowest BCUT2D eigenvalue weighted by atomic mass is 9.83. The van der Waals surface area contributed by atoms with Crippen LogP contribution in [0.1, 0.15) is 34.6 Å². The Balaban J connectivity index is 2.05. The Labute approximate surface area is 176 Å². The molecule has 0 aliphatic rings. The van der Waals surface area contributed by atoms with E-state index in [0.717, 1.165) is 10.0 Å². The summed E-state index contributed by atoms with van der Waals surface area (Å²) in [7, 11) is 0. The van der Waals surface area contributed by atoms with Gasteiger partial charge in [0.1, 0.15) is 10.3 Å². The van der Waals surface area contributed by atoms with E-state index in [2.05, 4.69) is 57.3 Å². The minimum Gasteiger partial charge on any atom is -0.411 e. The van der Waals surface area contributed by atoms with Crippen LogP contribution in [0.5, 0.6) is 0 Å². The molecule has 3 rings (SSSR count). The first-order chi connectivity index (χ1) is 13.0. The standard InChI is InChI=1S/C21H17BrCl2N2O/c1-13-4-2-3-5-17(13)18(14-6-8-16(22)9-7-14)12-19(26-27)15-10-20(23)25-21(24)11-15/h2-11,18,27H,12H2,1H3/b26-19-. The molecule has 0 radical (unpaired) electrons. The summed E-state index contributed by atoms with van der Waals surface area (Å²) in [6.45, 7) is 2.08. The van der Waals surface area contributed by atoms with Crippen LogP contribution in [0.2, 0.25) is 10.3 Å². The molecule has 3 aromatic rings. The lowest BCUT2D eigenvalue weighted by Gasteiger charge is -2.21. The van der Waals surface area contributed by atoms with Crippen molar-refractivity contribution in [2.24, 2.45) is 5.16 Å². The number of benzene rings is 2. The molecule has 0 saturated carbocycles. The molecule has 3 nitrogen and oxygen atoms in total.